The molecule has 0 spiro atoms. The van der Waals surface area contributed by atoms with E-state index in [0.29, 0.717) is 11.3 Å². The maximum absolute atomic E-state index is 11.9. The van der Waals surface area contributed by atoms with Gasteiger partial charge in [0, 0.05) is 12.5 Å². The van der Waals surface area contributed by atoms with Crippen molar-refractivity contribution < 1.29 is 19.4 Å². The Kier molecular flexibility index (Phi) is 5.66. The number of rotatable bonds is 6. The Labute approximate surface area is 134 Å². The lowest BCUT2D eigenvalue weighted by Gasteiger charge is -2.11. The van der Waals surface area contributed by atoms with Crippen molar-refractivity contribution >= 4 is 18.0 Å². The largest absolute Gasteiger partial charge is 0.480 e. The van der Waals surface area contributed by atoms with E-state index in [9.17, 15) is 9.59 Å². The lowest BCUT2D eigenvalue weighted by Crippen LogP contribution is -2.32. The van der Waals surface area contributed by atoms with Crippen molar-refractivity contribution in [1.29, 1.82) is 0 Å². The van der Waals surface area contributed by atoms with E-state index in [1.807, 2.05) is 30.3 Å². The smallest absolute Gasteiger partial charge is 0.336 e. The number of nitrogens with two attached hydrogens (primary N) is 1. The zero-order valence-electron chi connectivity index (χ0n) is 12.4. The maximum Gasteiger partial charge on any atom is 0.336 e. The van der Waals surface area contributed by atoms with E-state index in [1.54, 1.807) is 30.3 Å². The summed E-state index contributed by atoms with van der Waals surface area (Å²) in [6, 6.07) is 15.0. The van der Waals surface area contributed by atoms with Gasteiger partial charge in [0.2, 0.25) is 0 Å². The van der Waals surface area contributed by atoms with Crippen LogP contribution in [0.3, 0.4) is 0 Å². The molecule has 118 valence electrons. The second-order valence-corrected chi connectivity index (χ2v) is 4.92. The summed E-state index contributed by atoms with van der Waals surface area (Å²) in [5.41, 5.74) is 6.98. The molecule has 0 aromatic heterocycles. The van der Waals surface area contributed by atoms with Crippen molar-refractivity contribution in [2.75, 3.05) is 0 Å². The second-order valence-electron chi connectivity index (χ2n) is 4.92. The van der Waals surface area contributed by atoms with Crippen molar-refractivity contribution in [2.24, 2.45) is 5.73 Å². The van der Waals surface area contributed by atoms with Gasteiger partial charge >= 0.3 is 11.9 Å². The summed E-state index contributed by atoms with van der Waals surface area (Å²) >= 11 is 0. The number of para-hydroxylation sites is 1. The van der Waals surface area contributed by atoms with Gasteiger partial charge < -0.3 is 15.6 Å². The van der Waals surface area contributed by atoms with Crippen molar-refractivity contribution in [3.05, 3.63) is 71.8 Å². The summed E-state index contributed by atoms with van der Waals surface area (Å²) in [5, 5.41) is 8.88. The van der Waals surface area contributed by atoms with E-state index < -0.39 is 18.0 Å². The van der Waals surface area contributed by atoms with Crippen LogP contribution < -0.4 is 10.5 Å². The first-order valence-corrected chi connectivity index (χ1v) is 7.07. The van der Waals surface area contributed by atoms with Crippen LogP contribution in [0.2, 0.25) is 0 Å². The van der Waals surface area contributed by atoms with Crippen LogP contribution in [0.4, 0.5) is 0 Å². The Balaban J connectivity index is 2.06. The standard InChI is InChI=1S/C18H17NO4/c19-15(18(21)22)12-14-8-4-5-9-16(14)23-17(20)11-10-13-6-2-1-3-7-13/h1-11,15H,12,19H2,(H,21,22)/b11-10+. The molecule has 3 N–H and O–H groups in total. The lowest BCUT2D eigenvalue weighted by molar-refractivity contribution is -0.138. The van der Waals surface area contributed by atoms with Crippen molar-refractivity contribution in [3.63, 3.8) is 0 Å². The van der Waals surface area contributed by atoms with Gasteiger partial charge in [-0.1, -0.05) is 48.5 Å². The quantitative estimate of drug-likeness (QED) is 0.485. The van der Waals surface area contributed by atoms with Gasteiger partial charge in [0.1, 0.15) is 11.8 Å². The number of carboxylic acid groups (broad SMARTS) is 1. The Hall–Kier alpha value is -2.92. The van der Waals surface area contributed by atoms with Crippen LogP contribution in [-0.4, -0.2) is 23.1 Å². The van der Waals surface area contributed by atoms with Crippen LogP contribution in [-0.2, 0) is 16.0 Å². The SMILES string of the molecule is NC(Cc1ccccc1OC(=O)/C=C/c1ccccc1)C(=O)O. The van der Waals surface area contributed by atoms with Gasteiger partial charge in [-0.2, -0.15) is 0 Å². The van der Waals surface area contributed by atoms with Gasteiger partial charge in [-0.3, -0.25) is 4.79 Å². The molecule has 1 unspecified atom stereocenters. The number of aliphatic carboxylic acids is 1. The monoisotopic (exact) mass is 311 g/mol. The fourth-order valence-electron chi connectivity index (χ4n) is 1.97. The van der Waals surface area contributed by atoms with E-state index in [-0.39, 0.29) is 6.42 Å². The molecule has 0 saturated heterocycles. The van der Waals surface area contributed by atoms with Crippen molar-refractivity contribution in [1.82, 2.24) is 0 Å². The molecule has 0 bridgehead atoms. The average molecular weight is 311 g/mol. The van der Waals surface area contributed by atoms with E-state index in [2.05, 4.69) is 0 Å². The number of benzene rings is 2. The molecule has 23 heavy (non-hydrogen) atoms. The summed E-state index contributed by atoms with van der Waals surface area (Å²) < 4.78 is 5.27. The highest BCUT2D eigenvalue weighted by Gasteiger charge is 2.15. The summed E-state index contributed by atoms with van der Waals surface area (Å²) in [6.45, 7) is 0. The predicted molar refractivity (Wildman–Crippen MR) is 86.9 cm³/mol. The highest BCUT2D eigenvalue weighted by molar-refractivity contribution is 5.88. The Morgan fingerprint density at radius 2 is 1.74 bits per heavy atom. The van der Waals surface area contributed by atoms with Gasteiger partial charge in [0.25, 0.3) is 0 Å². The van der Waals surface area contributed by atoms with Gasteiger partial charge in [-0.05, 0) is 23.3 Å². The zero-order valence-corrected chi connectivity index (χ0v) is 12.4. The molecular weight excluding hydrogens is 294 g/mol. The highest BCUT2D eigenvalue weighted by atomic mass is 16.5. The molecular formula is C18H17NO4. The molecule has 5 heteroatoms. The number of carbonyl (C=O) groups is 2. The van der Waals surface area contributed by atoms with Gasteiger partial charge in [-0.25, -0.2) is 4.79 Å². The van der Waals surface area contributed by atoms with Crippen molar-refractivity contribution in [3.8, 4) is 5.75 Å². The fraction of sp³-hybridized carbons (Fsp3) is 0.111. The topological polar surface area (TPSA) is 89.6 Å². The van der Waals surface area contributed by atoms with Crippen LogP contribution in [0, 0.1) is 0 Å². The number of carboxylic acids is 1. The molecule has 2 rings (SSSR count). The minimum Gasteiger partial charge on any atom is -0.480 e. The first-order chi connectivity index (χ1) is 11.1. The Morgan fingerprint density at radius 1 is 1.09 bits per heavy atom. The first-order valence-electron chi connectivity index (χ1n) is 7.07. The van der Waals surface area contributed by atoms with Crippen LogP contribution in [0.5, 0.6) is 5.75 Å². The average Bonchev–Trinajstić information content (AvgIpc) is 2.55. The molecule has 2 aromatic carbocycles. The number of hydrogen-bond donors (Lipinski definition) is 2. The highest BCUT2D eigenvalue weighted by Crippen LogP contribution is 2.20. The molecule has 1 atom stereocenters. The van der Waals surface area contributed by atoms with Gasteiger partial charge in [0.15, 0.2) is 0 Å². The normalized spacial score (nSPS) is 12.0. The van der Waals surface area contributed by atoms with E-state index in [4.69, 9.17) is 15.6 Å². The predicted octanol–water partition coefficient (Wildman–Crippen LogP) is 2.26. The summed E-state index contributed by atoms with van der Waals surface area (Å²) in [6.07, 6.45) is 3.05. The lowest BCUT2D eigenvalue weighted by atomic mass is 10.1. The fourth-order valence-corrected chi connectivity index (χ4v) is 1.97. The summed E-state index contributed by atoms with van der Waals surface area (Å²) in [4.78, 5) is 22.8. The third-order valence-corrected chi connectivity index (χ3v) is 3.15. The molecule has 2 aromatic rings. The second kappa shape index (κ2) is 7.91. The summed E-state index contributed by atoms with van der Waals surface area (Å²) in [5.74, 6) is -1.33. The van der Waals surface area contributed by atoms with E-state index >= 15 is 0 Å². The Morgan fingerprint density at radius 3 is 2.43 bits per heavy atom. The number of hydrogen-bond acceptors (Lipinski definition) is 4. The van der Waals surface area contributed by atoms with E-state index in [0.717, 1.165) is 5.56 Å². The third kappa shape index (κ3) is 5.09. The maximum atomic E-state index is 11.9. The zero-order chi connectivity index (χ0) is 16.7. The molecule has 5 nitrogen and oxygen atoms in total. The minimum atomic E-state index is -1.10. The minimum absolute atomic E-state index is 0.0845. The molecule has 0 fully saturated rings. The number of esters is 1. The summed E-state index contributed by atoms with van der Waals surface area (Å²) in [7, 11) is 0. The van der Waals surface area contributed by atoms with E-state index in [1.165, 1.54) is 6.08 Å². The number of ether oxygens (including phenoxy) is 1. The molecule has 0 amide bonds. The van der Waals surface area contributed by atoms with Crippen molar-refractivity contribution in [2.45, 2.75) is 12.5 Å². The van der Waals surface area contributed by atoms with Gasteiger partial charge in [-0.15, -0.1) is 0 Å². The Bertz CT molecular complexity index is 710. The van der Waals surface area contributed by atoms with Crippen LogP contribution in [0.15, 0.2) is 60.7 Å². The molecule has 0 aliphatic heterocycles. The molecule has 0 heterocycles. The third-order valence-electron chi connectivity index (χ3n) is 3.15. The molecule has 0 aliphatic carbocycles. The molecule has 0 saturated carbocycles. The number of carbonyl (C=O) groups excluding carboxylic acids is 1. The van der Waals surface area contributed by atoms with Crippen LogP contribution in [0.25, 0.3) is 6.08 Å². The van der Waals surface area contributed by atoms with Crippen LogP contribution in [0.1, 0.15) is 11.1 Å². The van der Waals surface area contributed by atoms with Gasteiger partial charge in [0.05, 0.1) is 0 Å². The van der Waals surface area contributed by atoms with Crippen LogP contribution >= 0.6 is 0 Å². The molecule has 0 radical (unpaired) electrons. The molecule has 0 aliphatic rings. The first kappa shape index (κ1) is 16.5.